The van der Waals surface area contributed by atoms with Gasteiger partial charge in [0.15, 0.2) is 5.13 Å². The van der Waals surface area contributed by atoms with Crippen LogP contribution in [0.5, 0.6) is 0 Å². The van der Waals surface area contributed by atoms with Gasteiger partial charge >= 0.3 is 0 Å². The van der Waals surface area contributed by atoms with E-state index in [4.69, 9.17) is 0 Å². The maximum Gasteiger partial charge on any atom is 0.258 e. The van der Waals surface area contributed by atoms with Crippen molar-refractivity contribution in [2.75, 3.05) is 18.1 Å². The molecular formula is C20H25N3O2S2. The van der Waals surface area contributed by atoms with Crippen LogP contribution in [0.25, 0.3) is 0 Å². The fourth-order valence-corrected chi connectivity index (χ4v) is 4.90. The van der Waals surface area contributed by atoms with Crippen molar-refractivity contribution in [2.24, 2.45) is 0 Å². The number of carbonyl (C=O) groups is 2. The van der Waals surface area contributed by atoms with Crippen molar-refractivity contribution in [2.45, 2.75) is 50.0 Å². The Bertz CT molecular complexity index is 800. The van der Waals surface area contributed by atoms with Crippen LogP contribution < -0.4 is 5.32 Å². The molecule has 5 nitrogen and oxygen atoms in total. The topological polar surface area (TPSA) is 62.3 Å². The Hall–Kier alpha value is -1.86. The highest BCUT2D eigenvalue weighted by molar-refractivity contribution is 8.00. The van der Waals surface area contributed by atoms with E-state index in [2.05, 4.69) is 10.3 Å². The molecule has 0 saturated heterocycles. The van der Waals surface area contributed by atoms with Crippen molar-refractivity contribution in [3.8, 4) is 0 Å². The monoisotopic (exact) mass is 403 g/mol. The van der Waals surface area contributed by atoms with Gasteiger partial charge in [-0.3, -0.25) is 14.9 Å². The van der Waals surface area contributed by atoms with E-state index < -0.39 is 0 Å². The van der Waals surface area contributed by atoms with Crippen LogP contribution in [-0.2, 0) is 4.79 Å². The largest absolute Gasteiger partial charge is 0.342 e. The van der Waals surface area contributed by atoms with Gasteiger partial charge in [-0.15, -0.1) is 23.1 Å². The summed E-state index contributed by atoms with van der Waals surface area (Å²) < 4.78 is 0. The van der Waals surface area contributed by atoms with E-state index in [0.29, 0.717) is 22.5 Å². The number of hydrogen-bond acceptors (Lipinski definition) is 5. The number of rotatable bonds is 6. The Morgan fingerprint density at radius 3 is 2.70 bits per heavy atom. The second-order valence-corrected chi connectivity index (χ2v) is 9.06. The molecule has 1 N–H and O–H groups in total. The summed E-state index contributed by atoms with van der Waals surface area (Å²) in [6, 6.07) is 7.76. The van der Waals surface area contributed by atoms with Crippen LogP contribution in [0.1, 0.15) is 47.3 Å². The Kier molecular flexibility index (Phi) is 6.90. The molecule has 1 aromatic heterocycles. The van der Waals surface area contributed by atoms with Crippen molar-refractivity contribution in [1.82, 2.24) is 9.88 Å². The summed E-state index contributed by atoms with van der Waals surface area (Å²) in [6.45, 7) is 1.95. The van der Waals surface area contributed by atoms with Gasteiger partial charge in [0, 0.05) is 29.1 Å². The van der Waals surface area contributed by atoms with Gasteiger partial charge in [-0.1, -0.05) is 31.4 Å². The lowest BCUT2D eigenvalue weighted by atomic mass is 9.94. The number of benzene rings is 1. The molecular weight excluding hydrogens is 378 g/mol. The number of nitrogens with one attached hydrogen (secondary N) is 1. The normalized spacial score (nSPS) is 14.7. The molecule has 1 aromatic carbocycles. The summed E-state index contributed by atoms with van der Waals surface area (Å²) >= 11 is 2.87. The predicted molar refractivity (Wildman–Crippen MR) is 112 cm³/mol. The molecule has 7 heteroatoms. The quantitative estimate of drug-likeness (QED) is 0.717. The summed E-state index contributed by atoms with van der Waals surface area (Å²) in [6.07, 6.45) is 7.61. The first-order chi connectivity index (χ1) is 13.0. The SMILES string of the molecule is Cc1cnc(NC(=O)c2ccccc2SCC(=O)N(C)C2CCCCC2)s1. The van der Waals surface area contributed by atoms with E-state index in [1.54, 1.807) is 12.3 Å². The summed E-state index contributed by atoms with van der Waals surface area (Å²) in [5.74, 6) is 0.270. The third-order valence-electron chi connectivity index (χ3n) is 4.84. The fraction of sp³-hybridized carbons (Fsp3) is 0.450. The molecule has 0 unspecified atom stereocenters. The van der Waals surface area contributed by atoms with Crippen LogP contribution in [0.3, 0.4) is 0 Å². The first-order valence-electron chi connectivity index (χ1n) is 9.26. The van der Waals surface area contributed by atoms with Gasteiger partial charge in [0.1, 0.15) is 0 Å². The lowest BCUT2D eigenvalue weighted by molar-refractivity contribution is -0.129. The second-order valence-electron chi connectivity index (χ2n) is 6.81. The average Bonchev–Trinajstić information content (AvgIpc) is 3.11. The maximum atomic E-state index is 12.6. The lowest BCUT2D eigenvalue weighted by Gasteiger charge is -2.31. The van der Waals surface area contributed by atoms with Crippen LogP contribution in [0, 0.1) is 6.92 Å². The zero-order valence-corrected chi connectivity index (χ0v) is 17.4. The zero-order chi connectivity index (χ0) is 19.2. The number of thiazole rings is 1. The first-order valence-corrected chi connectivity index (χ1v) is 11.1. The number of carbonyl (C=O) groups excluding carboxylic acids is 2. The number of amides is 2. The molecule has 1 heterocycles. The number of anilines is 1. The second kappa shape index (κ2) is 9.37. The van der Waals surface area contributed by atoms with Crippen LogP contribution in [0.4, 0.5) is 5.13 Å². The summed E-state index contributed by atoms with van der Waals surface area (Å²) in [7, 11) is 1.91. The smallest absolute Gasteiger partial charge is 0.258 e. The number of thioether (sulfide) groups is 1. The van der Waals surface area contributed by atoms with Crippen molar-refractivity contribution in [3.63, 3.8) is 0 Å². The molecule has 0 bridgehead atoms. The van der Waals surface area contributed by atoms with Crippen LogP contribution in [-0.4, -0.2) is 40.5 Å². The first kappa shape index (κ1) is 19.9. The Labute approximate surface area is 168 Å². The third-order valence-corrected chi connectivity index (χ3v) is 6.73. The average molecular weight is 404 g/mol. The Morgan fingerprint density at radius 2 is 2.00 bits per heavy atom. The maximum absolute atomic E-state index is 12.6. The predicted octanol–water partition coefficient (Wildman–Crippen LogP) is 4.59. The highest BCUT2D eigenvalue weighted by atomic mass is 32.2. The molecule has 144 valence electrons. The summed E-state index contributed by atoms with van der Waals surface area (Å²) in [5, 5.41) is 3.43. The minimum Gasteiger partial charge on any atom is -0.342 e. The fourth-order valence-electron chi connectivity index (χ4n) is 3.27. The molecule has 2 aromatic rings. The Balaban J connectivity index is 1.61. The molecule has 27 heavy (non-hydrogen) atoms. The highest BCUT2D eigenvalue weighted by Gasteiger charge is 2.22. The summed E-state index contributed by atoms with van der Waals surface area (Å²) in [5.41, 5.74) is 0.573. The number of hydrogen-bond donors (Lipinski definition) is 1. The molecule has 1 fully saturated rings. The van der Waals surface area contributed by atoms with E-state index in [1.165, 1.54) is 42.4 Å². The molecule has 0 radical (unpaired) electrons. The molecule has 2 amide bonds. The number of nitrogens with zero attached hydrogens (tertiary/aromatic N) is 2. The van der Waals surface area contributed by atoms with E-state index in [-0.39, 0.29) is 11.8 Å². The van der Waals surface area contributed by atoms with Crippen molar-refractivity contribution in [3.05, 3.63) is 40.9 Å². The van der Waals surface area contributed by atoms with Gasteiger partial charge in [0.25, 0.3) is 5.91 Å². The molecule has 0 aliphatic heterocycles. The molecule has 3 rings (SSSR count). The van der Waals surface area contributed by atoms with Gasteiger partial charge in [-0.25, -0.2) is 4.98 Å². The van der Waals surface area contributed by atoms with Crippen LogP contribution >= 0.6 is 23.1 Å². The number of aromatic nitrogens is 1. The molecule has 1 aliphatic carbocycles. The molecule has 0 spiro atoms. The van der Waals surface area contributed by atoms with Gasteiger partial charge in [0.2, 0.25) is 5.91 Å². The molecule has 0 atom stereocenters. The number of aryl methyl sites for hydroxylation is 1. The minimum atomic E-state index is -0.194. The van der Waals surface area contributed by atoms with Crippen molar-refractivity contribution in [1.29, 1.82) is 0 Å². The van der Waals surface area contributed by atoms with E-state index in [9.17, 15) is 9.59 Å². The standard InChI is InChI=1S/C20H25N3O2S2/c1-14-12-21-20(27-14)22-19(25)16-10-6-7-11-17(16)26-13-18(24)23(2)15-8-4-3-5-9-15/h6-7,10-12,15H,3-5,8-9,13H2,1-2H3,(H,21,22,25). The minimum absolute atomic E-state index is 0.123. The molecule has 1 saturated carbocycles. The van der Waals surface area contributed by atoms with Gasteiger partial charge in [-0.05, 0) is 31.9 Å². The van der Waals surface area contributed by atoms with Gasteiger partial charge in [-0.2, -0.15) is 0 Å². The van der Waals surface area contributed by atoms with E-state index in [0.717, 1.165) is 22.6 Å². The Morgan fingerprint density at radius 1 is 1.26 bits per heavy atom. The molecule has 1 aliphatic rings. The van der Waals surface area contributed by atoms with Crippen molar-refractivity contribution < 1.29 is 9.59 Å². The van der Waals surface area contributed by atoms with Crippen molar-refractivity contribution >= 4 is 40.0 Å². The van der Waals surface area contributed by atoms with E-state index in [1.807, 2.05) is 37.1 Å². The lowest BCUT2D eigenvalue weighted by Crippen LogP contribution is -2.39. The highest BCUT2D eigenvalue weighted by Crippen LogP contribution is 2.26. The van der Waals surface area contributed by atoms with Crippen LogP contribution in [0.2, 0.25) is 0 Å². The van der Waals surface area contributed by atoms with Crippen LogP contribution in [0.15, 0.2) is 35.4 Å². The zero-order valence-electron chi connectivity index (χ0n) is 15.7. The summed E-state index contributed by atoms with van der Waals surface area (Å²) in [4.78, 5) is 33.1. The van der Waals surface area contributed by atoms with Gasteiger partial charge in [0.05, 0.1) is 11.3 Å². The van der Waals surface area contributed by atoms with Gasteiger partial charge < -0.3 is 4.90 Å². The van der Waals surface area contributed by atoms with E-state index >= 15 is 0 Å². The third kappa shape index (κ3) is 5.32.